The number of fused-ring (bicyclic) bond motifs is 1. The highest BCUT2D eigenvalue weighted by molar-refractivity contribution is 6.07. The van der Waals surface area contributed by atoms with E-state index in [9.17, 15) is 4.79 Å². The van der Waals surface area contributed by atoms with Crippen molar-refractivity contribution >= 4 is 28.3 Å². The van der Waals surface area contributed by atoms with E-state index in [1.165, 1.54) is 51.3 Å². The first-order valence-corrected chi connectivity index (χ1v) is 11.0. The number of rotatable bonds is 6. The van der Waals surface area contributed by atoms with E-state index in [1.807, 2.05) is 36.4 Å². The van der Waals surface area contributed by atoms with Gasteiger partial charge in [0.2, 0.25) is 0 Å². The van der Waals surface area contributed by atoms with E-state index >= 15 is 0 Å². The molecule has 2 aliphatic carbocycles. The van der Waals surface area contributed by atoms with Crippen molar-refractivity contribution in [1.29, 1.82) is 0 Å². The highest BCUT2D eigenvalue weighted by Gasteiger charge is 2.30. The zero-order valence-corrected chi connectivity index (χ0v) is 17.1. The number of carbonyl (C=O) groups excluding carboxylic acids is 1. The fourth-order valence-electron chi connectivity index (χ4n) is 4.42. The number of hydrogen-bond acceptors (Lipinski definition) is 5. The molecule has 6 heteroatoms. The number of aromatic nitrogens is 3. The molecule has 2 aromatic heterocycles. The van der Waals surface area contributed by atoms with Crippen LogP contribution in [-0.4, -0.2) is 33.4 Å². The molecule has 0 spiro atoms. The Hall–Kier alpha value is -3.02. The van der Waals surface area contributed by atoms with Crippen LogP contribution in [0, 0.1) is 5.92 Å². The van der Waals surface area contributed by atoms with Crippen LogP contribution < -0.4 is 10.2 Å². The number of nitrogens with one attached hydrogen (secondary N) is 1. The van der Waals surface area contributed by atoms with Gasteiger partial charge in [0.15, 0.2) is 0 Å². The lowest BCUT2D eigenvalue weighted by molar-refractivity contribution is 0.102. The quantitative estimate of drug-likeness (QED) is 0.641. The van der Waals surface area contributed by atoms with E-state index in [4.69, 9.17) is 0 Å². The van der Waals surface area contributed by atoms with Gasteiger partial charge in [0.25, 0.3) is 5.91 Å². The van der Waals surface area contributed by atoms with Crippen molar-refractivity contribution in [3.05, 3.63) is 54.6 Å². The second kappa shape index (κ2) is 8.38. The highest BCUT2D eigenvalue weighted by atomic mass is 16.1. The molecule has 2 aliphatic rings. The molecule has 6 nitrogen and oxygen atoms in total. The van der Waals surface area contributed by atoms with Crippen LogP contribution in [0.2, 0.25) is 0 Å². The maximum Gasteiger partial charge on any atom is 0.274 e. The Bertz CT molecular complexity index is 1040. The number of pyridine rings is 1. The molecule has 5 rings (SSSR count). The molecule has 0 aliphatic heterocycles. The summed E-state index contributed by atoms with van der Waals surface area (Å²) in [4.78, 5) is 28.6. The predicted molar refractivity (Wildman–Crippen MR) is 119 cm³/mol. The van der Waals surface area contributed by atoms with Gasteiger partial charge < -0.3 is 10.2 Å². The zero-order chi connectivity index (χ0) is 20.3. The Morgan fingerprint density at radius 3 is 2.67 bits per heavy atom. The smallest absolute Gasteiger partial charge is 0.274 e. The molecule has 1 N–H and O–H groups in total. The summed E-state index contributed by atoms with van der Waals surface area (Å²) in [6.07, 6.45) is 12.1. The fourth-order valence-corrected chi connectivity index (χ4v) is 4.42. The van der Waals surface area contributed by atoms with Gasteiger partial charge in [-0.1, -0.05) is 37.5 Å². The Morgan fingerprint density at radius 1 is 1.00 bits per heavy atom. The molecular weight excluding hydrogens is 374 g/mol. The minimum Gasteiger partial charge on any atom is -0.353 e. The van der Waals surface area contributed by atoms with Crippen LogP contribution in [0.3, 0.4) is 0 Å². The summed E-state index contributed by atoms with van der Waals surface area (Å²) in [6.45, 7) is 1.04. The fraction of sp³-hybridized carbons (Fsp3) is 0.417. The Kier molecular flexibility index (Phi) is 5.30. The normalized spacial score (nSPS) is 17.1. The van der Waals surface area contributed by atoms with Crippen molar-refractivity contribution in [1.82, 2.24) is 15.0 Å². The molecule has 30 heavy (non-hydrogen) atoms. The predicted octanol–water partition coefficient (Wildman–Crippen LogP) is 4.83. The Morgan fingerprint density at radius 2 is 1.83 bits per heavy atom. The van der Waals surface area contributed by atoms with E-state index in [-0.39, 0.29) is 5.91 Å². The van der Waals surface area contributed by atoms with Crippen LogP contribution in [0.15, 0.2) is 48.9 Å². The van der Waals surface area contributed by atoms with Crippen LogP contribution in [0.1, 0.15) is 55.4 Å². The topological polar surface area (TPSA) is 71.0 Å². The second-order valence-electron chi connectivity index (χ2n) is 8.48. The zero-order valence-electron chi connectivity index (χ0n) is 17.1. The number of carbonyl (C=O) groups is 1. The summed E-state index contributed by atoms with van der Waals surface area (Å²) < 4.78 is 0. The van der Waals surface area contributed by atoms with Gasteiger partial charge in [-0.2, -0.15) is 0 Å². The van der Waals surface area contributed by atoms with Gasteiger partial charge >= 0.3 is 0 Å². The van der Waals surface area contributed by atoms with E-state index in [1.54, 1.807) is 6.20 Å². The average molecular weight is 402 g/mol. The number of amides is 1. The van der Waals surface area contributed by atoms with Crippen LogP contribution in [0.5, 0.6) is 0 Å². The summed E-state index contributed by atoms with van der Waals surface area (Å²) in [5.41, 5.74) is 2.00. The Balaban J connectivity index is 1.39. The molecule has 1 aromatic carbocycles. The summed E-state index contributed by atoms with van der Waals surface area (Å²) in [7, 11) is 0. The molecule has 2 saturated carbocycles. The standard InChI is InChI=1S/C24H27N5O/c30-24(28-21-12-13-25-20-9-5-4-8-19(20)21)22-14-23(27-16-26-22)29(15-17-10-11-17)18-6-2-1-3-7-18/h4-5,8-9,12-14,16-18H,1-3,6-7,10-11,15H2,(H,25,28,30). The number of para-hydroxylation sites is 1. The van der Waals surface area contributed by atoms with Gasteiger partial charge in [0.05, 0.1) is 11.2 Å². The molecule has 0 radical (unpaired) electrons. The summed E-state index contributed by atoms with van der Waals surface area (Å²) in [5, 5.41) is 3.93. The first-order valence-electron chi connectivity index (χ1n) is 11.0. The maximum absolute atomic E-state index is 13.0. The number of nitrogens with zero attached hydrogens (tertiary/aromatic N) is 4. The summed E-state index contributed by atoms with van der Waals surface area (Å²) in [5.74, 6) is 1.43. The van der Waals surface area contributed by atoms with Crippen molar-refractivity contribution in [2.45, 2.75) is 51.0 Å². The molecule has 0 saturated heterocycles. The van der Waals surface area contributed by atoms with E-state index in [2.05, 4.69) is 25.2 Å². The lowest BCUT2D eigenvalue weighted by Crippen LogP contribution is -2.39. The minimum atomic E-state index is -0.218. The van der Waals surface area contributed by atoms with Crippen molar-refractivity contribution in [2.75, 3.05) is 16.8 Å². The summed E-state index contributed by atoms with van der Waals surface area (Å²) in [6, 6.07) is 12.0. The molecule has 0 atom stereocenters. The molecule has 2 heterocycles. The third kappa shape index (κ3) is 4.13. The minimum absolute atomic E-state index is 0.218. The molecule has 0 unspecified atom stereocenters. The molecule has 154 valence electrons. The maximum atomic E-state index is 13.0. The SMILES string of the molecule is O=C(Nc1ccnc2ccccc12)c1cc(N(CC2CC2)C2CCCCC2)ncn1. The van der Waals surface area contributed by atoms with Gasteiger partial charge in [-0.25, -0.2) is 9.97 Å². The van der Waals surface area contributed by atoms with Gasteiger partial charge in [-0.15, -0.1) is 0 Å². The van der Waals surface area contributed by atoms with Gasteiger partial charge in [0, 0.05) is 30.2 Å². The number of hydrogen-bond donors (Lipinski definition) is 1. The van der Waals surface area contributed by atoms with Crippen molar-refractivity contribution in [3.8, 4) is 0 Å². The van der Waals surface area contributed by atoms with Gasteiger partial charge in [0.1, 0.15) is 17.8 Å². The first-order chi connectivity index (χ1) is 14.8. The van der Waals surface area contributed by atoms with E-state index in [0.29, 0.717) is 11.7 Å². The third-order valence-electron chi connectivity index (χ3n) is 6.24. The molecule has 1 amide bonds. The van der Waals surface area contributed by atoms with Crippen molar-refractivity contribution in [3.63, 3.8) is 0 Å². The van der Waals surface area contributed by atoms with Crippen molar-refractivity contribution < 1.29 is 4.79 Å². The lowest BCUT2D eigenvalue weighted by atomic mass is 9.94. The molecule has 0 bridgehead atoms. The molecule has 2 fully saturated rings. The van der Waals surface area contributed by atoms with E-state index in [0.717, 1.165) is 34.9 Å². The van der Waals surface area contributed by atoms with Crippen LogP contribution in [0.25, 0.3) is 10.9 Å². The van der Waals surface area contributed by atoms with Crippen molar-refractivity contribution in [2.24, 2.45) is 5.92 Å². The average Bonchev–Trinajstić information content (AvgIpc) is 3.63. The van der Waals surface area contributed by atoms with Crippen LogP contribution in [0.4, 0.5) is 11.5 Å². The van der Waals surface area contributed by atoms with Crippen LogP contribution in [-0.2, 0) is 0 Å². The van der Waals surface area contributed by atoms with E-state index < -0.39 is 0 Å². The largest absolute Gasteiger partial charge is 0.353 e. The molecule has 3 aromatic rings. The third-order valence-corrected chi connectivity index (χ3v) is 6.24. The second-order valence-corrected chi connectivity index (χ2v) is 8.48. The van der Waals surface area contributed by atoms with Gasteiger partial charge in [-0.05, 0) is 43.7 Å². The Labute approximate surface area is 176 Å². The lowest BCUT2D eigenvalue weighted by Gasteiger charge is -2.35. The monoisotopic (exact) mass is 401 g/mol. The van der Waals surface area contributed by atoms with Crippen LogP contribution >= 0.6 is 0 Å². The molecular formula is C24H27N5O. The summed E-state index contributed by atoms with van der Waals surface area (Å²) >= 11 is 0. The number of benzene rings is 1. The first kappa shape index (κ1) is 19.0. The highest BCUT2D eigenvalue weighted by Crippen LogP contribution is 2.34. The number of anilines is 2. The van der Waals surface area contributed by atoms with Gasteiger partial charge in [-0.3, -0.25) is 9.78 Å².